The van der Waals surface area contributed by atoms with E-state index in [2.05, 4.69) is 50.2 Å². The van der Waals surface area contributed by atoms with E-state index in [-0.39, 0.29) is 5.78 Å². The number of rotatable bonds is 10. The van der Waals surface area contributed by atoms with Crippen LogP contribution in [0.25, 0.3) is 0 Å². The molecule has 0 unspecified atom stereocenters. The first-order valence-corrected chi connectivity index (χ1v) is 9.36. The van der Waals surface area contributed by atoms with Crippen molar-refractivity contribution in [1.29, 1.82) is 0 Å². The molecular weight excluding hydrogens is 292 g/mol. The van der Waals surface area contributed by atoms with Gasteiger partial charge in [0.1, 0.15) is 0 Å². The zero-order valence-corrected chi connectivity index (χ0v) is 15.2. The minimum absolute atomic E-state index is 0.279. The van der Waals surface area contributed by atoms with Crippen LogP contribution in [0.15, 0.2) is 48.5 Å². The number of benzene rings is 2. The monoisotopic (exact) mass is 322 g/mol. The van der Waals surface area contributed by atoms with Crippen molar-refractivity contribution in [3.63, 3.8) is 0 Å². The molecule has 24 heavy (non-hydrogen) atoms. The number of carbonyl (C=O) groups excluding carboxylic acids is 1. The van der Waals surface area contributed by atoms with Crippen LogP contribution in [0.1, 0.15) is 72.5 Å². The van der Waals surface area contributed by atoms with E-state index >= 15 is 0 Å². The quantitative estimate of drug-likeness (QED) is 0.369. The molecule has 0 aliphatic carbocycles. The molecule has 0 saturated carbocycles. The van der Waals surface area contributed by atoms with E-state index in [9.17, 15) is 4.79 Å². The molecule has 0 N–H and O–H groups in total. The van der Waals surface area contributed by atoms with E-state index in [4.69, 9.17) is 0 Å². The first kappa shape index (κ1) is 18.4. The summed E-state index contributed by atoms with van der Waals surface area (Å²) < 4.78 is 0. The van der Waals surface area contributed by atoms with E-state index in [1.807, 2.05) is 12.1 Å². The van der Waals surface area contributed by atoms with Gasteiger partial charge in [-0.1, -0.05) is 73.9 Å². The molecule has 0 atom stereocenters. The fraction of sp³-hybridized carbons (Fsp3) is 0.435. The van der Waals surface area contributed by atoms with Crippen molar-refractivity contribution in [2.75, 3.05) is 0 Å². The van der Waals surface area contributed by atoms with Crippen LogP contribution in [0, 0.1) is 6.92 Å². The van der Waals surface area contributed by atoms with Gasteiger partial charge in [0, 0.05) is 12.0 Å². The molecule has 1 nitrogen and oxygen atoms in total. The molecule has 0 radical (unpaired) electrons. The Morgan fingerprint density at radius 3 is 1.83 bits per heavy atom. The number of Topliss-reactive ketones (excluding diaryl/α,β-unsaturated/α-hetero) is 1. The number of unbranched alkanes of at least 4 members (excludes halogenated alkanes) is 3. The maximum atomic E-state index is 12.0. The average Bonchev–Trinajstić information content (AvgIpc) is 2.61. The molecule has 2 rings (SSSR count). The fourth-order valence-corrected chi connectivity index (χ4v) is 2.93. The molecule has 0 spiro atoms. The van der Waals surface area contributed by atoms with Gasteiger partial charge in [0.15, 0.2) is 5.78 Å². The summed E-state index contributed by atoms with van der Waals surface area (Å²) in [5.74, 6) is 0.279. The Hall–Kier alpha value is -1.89. The van der Waals surface area contributed by atoms with Gasteiger partial charge in [-0.05, 0) is 50.2 Å². The summed E-state index contributed by atoms with van der Waals surface area (Å²) in [6.07, 6.45) is 8.74. The number of hydrogen-bond donors (Lipinski definition) is 0. The van der Waals surface area contributed by atoms with Gasteiger partial charge in [-0.15, -0.1) is 0 Å². The van der Waals surface area contributed by atoms with Crippen LogP contribution >= 0.6 is 0 Å². The Balaban J connectivity index is 1.67. The third-order valence-corrected chi connectivity index (χ3v) is 4.58. The van der Waals surface area contributed by atoms with Crippen LogP contribution in [0.2, 0.25) is 0 Å². The maximum absolute atomic E-state index is 12.0. The SMILES string of the molecule is CCCCC(=O)c1ccc(CCCCCc2ccc(C)cc2)cc1. The van der Waals surface area contributed by atoms with Gasteiger partial charge in [-0.25, -0.2) is 0 Å². The molecule has 0 aromatic heterocycles. The molecule has 2 aromatic carbocycles. The lowest BCUT2D eigenvalue weighted by atomic mass is 10.0. The van der Waals surface area contributed by atoms with Gasteiger partial charge in [-0.3, -0.25) is 4.79 Å². The van der Waals surface area contributed by atoms with Crippen molar-refractivity contribution in [3.05, 3.63) is 70.8 Å². The Bertz CT molecular complexity index is 607. The van der Waals surface area contributed by atoms with Crippen LogP contribution in [0.3, 0.4) is 0 Å². The van der Waals surface area contributed by atoms with Crippen molar-refractivity contribution in [2.45, 2.75) is 65.2 Å². The lowest BCUT2D eigenvalue weighted by molar-refractivity contribution is 0.0980. The average molecular weight is 322 g/mol. The molecule has 0 aliphatic rings. The lowest BCUT2D eigenvalue weighted by Gasteiger charge is -2.05. The Labute approximate surface area is 147 Å². The maximum Gasteiger partial charge on any atom is 0.162 e. The highest BCUT2D eigenvalue weighted by atomic mass is 16.1. The summed E-state index contributed by atoms with van der Waals surface area (Å²) in [7, 11) is 0. The summed E-state index contributed by atoms with van der Waals surface area (Å²) in [5.41, 5.74) is 4.98. The predicted octanol–water partition coefficient (Wildman–Crippen LogP) is 6.32. The Morgan fingerprint density at radius 1 is 0.750 bits per heavy atom. The van der Waals surface area contributed by atoms with Gasteiger partial charge in [0.05, 0.1) is 0 Å². The largest absolute Gasteiger partial charge is 0.294 e. The smallest absolute Gasteiger partial charge is 0.162 e. The molecule has 0 fully saturated rings. The molecule has 0 saturated heterocycles. The van der Waals surface area contributed by atoms with Crippen molar-refractivity contribution < 1.29 is 4.79 Å². The van der Waals surface area contributed by atoms with Crippen molar-refractivity contribution in [3.8, 4) is 0 Å². The molecule has 1 heteroatoms. The third-order valence-electron chi connectivity index (χ3n) is 4.58. The Kier molecular flexibility index (Phi) is 7.74. The second-order valence-corrected chi connectivity index (χ2v) is 6.77. The number of ketones is 1. The summed E-state index contributed by atoms with van der Waals surface area (Å²) in [6.45, 7) is 4.25. The highest BCUT2D eigenvalue weighted by molar-refractivity contribution is 5.96. The topological polar surface area (TPSA) is 17.1 Å². The zero-order chi connectivity index (χ0) is 17.2. The van der Waals surface area contributed by atoms with Crippen LogP contribution in [-0.4, -0.2) is 5.78 Å². The van der Waals surface area contributed by atoms with E-state index in [1.54, 1.807) is 0 Å². The molecule has 0 amide bonds. The van der Waals surface area contributed by atoms with Gasteiger partial charge in [-0.2, -0.15) is 0 Å². The van der Waals surface area contributed by atoms with E-state index in [0.29, 0.717) is 6.42 Å². The molecule has 0 heterocycles. The van der Waals surface area contributed by atoms with Crippen LogP contribution in [0.5, 0.6) is 0 Å². The van der Waals surface area contributed by atoms with E-state index in [1.165, 1.54) is 42.4 Å². The molecule has 2 aromatic rings. The van der Waals surface area contributed by atoms with E-state index < -0.39 is 0 Å². The van der Waals surface area contributed by atoms with Crippen molar-refractivity contribution >= 4 is 5.78 Å². The van der Waals surface area contributed by atoms with Crippen molar-refractivity contribution in [1.82, 2.24) is 0 Å². The van der Waals surface area contributed by atoms with Crippen LogP contribution in [-0.2, 0) is 12.8 Å². The standard InChI is InChI=1S/C23H30O/c1-3-4-10-23(24)22-17-15-21(16-18-22)9-7-5-6-8-20-13-11-19(2)12-14-20/h11-18H,3-10H2,1-2H3. The minimum Gasteiger partial charge on any atom is -0.294 e. The summed E-state index contributed by atoms with van der Waals surface area (Å²) in [6, 6.07) is 17.1. The fourth-order valence-electron chi connectivity index (χ4n) is 2.93. The van der Waals surface area contributed by atoms with Gasteiger partial charge < -0.3 is 0 Å². The normalized spacial score (nSPS) is 10.8. The first-order valence-electron chi connectivity index (χ1n) is 9.36. The highest BCUT2D eigenvalue weighted by Gasteiger charge is 2.04. The number of aryl methyl sites for hydroxylation is 3. The number of hydrogen-bond acceptors (Lipinski definition) is 1. The molecule has 0 aliphatic heterocycles. The minimum atomic E-state index is 0.279. The lowest BCUT2D eigenvalue weighted by Crippen LogP contribution is -1.99. The van der Waals surface area contributed by atoms with Gasteiger partial charge in [0.25, 0.3) is 0 Å². The second-order valence-electron chi connectivity index (χ2n) is 6.77. The predicted molar refractivity (Wildman–Crippen MR) is 103 cm³/mol. The van der Waals surface area contributed by atoms with Crippen LogP contribution in [0.4, 0.5) is 0 Å². The van der Waals surface area contributed by atoms with Crippen LogP contribution < -0.4 is 0 Å². The number of carbonyl (C=O) groups is 1. The molecule has 0 bridgehead atoms. The Morgan fingerprint density at radius 2 is 1.29 bits per heavy atom. The van der Waals surface area contributed by atoms with Gasteiger partial charge >= 0.3 is 0 Å². The highest BCUT2D eigenvalue weighted by Crippen LogP contribution is 2.13. The summed E-state index contributed by atoms with van der Waals surface area (Å²) in [4.78, 5) is 12.0. The van der Waals surface area contributed by atoms with Crippen molar-refractivity contribution in [2.24, 2.45) is 0 Å². The summed E-state index contributed by atoms with van der Waals surface area (Å²) in [5, 5.41) is 0. The van der Waals surface area contributed by atoms with E-state index in [0.717, 1.165) is 24.8 Å². The zero-order valence-electron chi connectivity index (χ0n) is 15.2. The molecule has 128 valence electrons. The molecular formula is C23H30O. The first-order chi connectivity index (χ1) is 11.7. The summed E-state index contributed by atoms with van der Waals surface area (Å²) >= 11 is 0. The third kappa shape index (κ3) is 6.31. The van der Waals surface area contributed by atoms with Gasteiger partial charge in [0.2, 0.25) is 0 Å². The second kappa shape index (κ2) is 10.1.